The molecule has 2 amide bonds. The van der Waals surface area contributed by atoms with Crippen LogP contribution in [0.25, 0.3) is 0 Å². The molecule has 0 aromatic carbocycles. The van der Waals surface area contributed by atoms with Crippen LogP contribution < -0.4 is 5.32 Å². The lowest BCUT2D eigenvalue weighted by atomic mass is 9.81. The van der Waals surface area contributed by atoms with Crippen molar-refractivity contribution < 1.29 is 14.3 Å². The molecule has 0 saturated heterocycles. The first-order chi connectivity index (χ1) is 9.63. The molecule has 1 N–H and O–H groups in total. The molecule has 1 fully saturated rings. The summed E-state index contributed by atoms with van der Waals surface area (Å²) in [5.41, 5.74) is 0. The van der Waals surface area contributed by atoms with Crippen molar-refractivity contribution in [1.29, 1.82) is 0 Å². The molecule has 0 radical (unpaired) electrons. The van der Waals surface area contributed by atoms with Gasteiger partial charge >= 0.3 is 0 Å². The number of amides is 2. The number of methoxy groups -OCH3 is 1. The van der Waals surface area contributed by atoms with Crippen molar-refractivity contribution in [3.05, 3.63) is 0 Å². The molecule has 0 spiro atoms. The first-order valence-corrected chi connectivity index (χ1v) is 7.69. The van der Waals surface area contributed by atoms with Crippen LogP contribution in [-0.2, 0) is 14.3 Å². The SMILES string of the molecule is CCN(CC)C(=O)C1CCC(C(=O)NCCOC)CC1. The van der Waals surface area contributed by atoms with Gasteiger partial charge in [0.05, 0.1) is 6.61 Å². The van der Waals surface area contributed by atoms with E-state index in [2.05, 4.69) is 5.32 Å². The van der Waals surface area contributed by atoms with Gasteiger partial charge in [-0.25, -0.2) is 0 Å². The Morgan fingerprint density at radius 1 is 1.10 bits per heavy atom. The van der Waals surface area contributed by atoms with Gasteiger partial charge in [0.1, 0.15) is 0 Å². The first-order valence-electron chi connectivity index (χ1n) is 7.69. The van der Waals surface area contributed by atoms with Gasteiger partial charge in [-0.2, -0.15) is 0 Å². The molecule has 0 aliphatic heterocycles. The zero-order valence-electron chi connectivity index (χ0n) is 13.0. The highest BCUT2D eigenvalue weighted by molar-refractivity contribution is 5.81. The van der Waals surface area contributed by atoms with Crippen LogP contribution in [-0.4, -0.2) is 50.1 Å². The molecular weight excluding hydrogens is 256 g/mol. The highest BCUT2D eigenvalue weighted by Crippen LogP contribution is 2.30. The third-order valence-electron chi connectivity index (χ3n) is 4.13. The van der Waals surface area contributed by atoms with E-state index in [9.17, 15) is 9.59 Å². The number of hydrogen-bond acceptors (Lipinski definition) is 3. The van der Waals surface area contributed by atoms with Crippen molar-refractivity contribution >= 4 is 11.8 Å². The molecule has 0 atom stereocenters. The summed E-state index contributed by atoms with van der Waals surface area (Å²) in [6.45, 7) is 6.67. The molecule has 0 aromatic rings. The van der Waals surface area contributed by atoms with Crippen molar-refractivity contribution in [2.45, 2.75) is 39.5 Å². The summed E-state index contributed by atoms with van der Waals surface area (Å²) < 4.78 is 4.91. The average molecular weight is 284 g/mol. The minimum Gasteiger partial charge on any atom is -0.383 e. The zero-order valence-corrected chi connectivity index (χ0v) is 13.0. The molecule has 0 bridgehead atoms. The summed E-state index contributed by atoms with van der Waals surface area (Å²) in [5.74, 6) is 0.537. The normalized spacial score (nSPS) is 22.4. The maximum atomic E-state index is 12.3. The van der Waals surface area contributed by atoms with Gasteiger partial charge in [-0.3, -0.25) is 9.59 Å². The fraction of sp³-hybridized carbons (Fsp3) is 0.867. The molecular formula is C15H28N2O3. The van der Waals surface area contributed by atoms with Crippen LogP contribution in [0, 0.1) is 11.8 Å². The third-order valence-corrected chi connectivity index (χ3v) is 4.13. The number of hydrogen-bond donors (Lipinski definition) is 1. The van der Waals surface area contributed by atoms with E-state index in [1.807, 2.05) is 18.7 Å². The number of nitrogens with zero attached hydrogens (tertiary/aromatic N) is 1. The fourth-order valence-electron chi connectivity index (χ4n) is 2.82. The van der Waals surface area contributed by atoms with E-state index in [0.29, 0.717) is 13.2 Å². The second-order valence-electron chi connectivity index (χ2n) is 5.34. The lowest BCUT2D eigenvalue weighted by molar-refractivity contribution is -0.138. The van der Waals surface area contributed by atoms with Gasteiger partial charge in [0, 0.05) is 38.6 Å². The lowest BCUT2D eigenvalue weighted by Gasteiger charge is -2.30. The van der Waals surface area contributed by atoms with Gasteiger partial charge in [0.2, 0.25) is 11.8 Å². The smallest absolute Gasteiger partial charge is 0.225 e. The Hall–Kier alpha value is -1.10. The number of ether oxygens (including phenoxy) is 1. The Morgan fingerprint density at radius 3 is 2.15 bits per heavy atom. The van der Waals surface area contributed by atoms with Crippen LogP contribution in [0.4, 0.5) is 0 Å². The van der Waals surface area contributed by atoms with E-state index < -0.39 is 0 Å². The largest absolute Gasteiger partial charge is 0.383 e. The van der Waals surface area contributed by atoms with E-state index in [4.69, 9.17) is 4.74 Å². The Bertz CT molecular complexity index is 308. The Balaban J connectivity index is 2.35. The minimum atomic E-state index is 0.0626. The fourth-order valence-corrected chi connectivity index (χ4v) is 2.82. The first kappa shape index (κ1) is 17.0. The molecule has 0 heterocycles. The van der Waals surface area contributed by atoms with Gasteiger partial charge < -0.3 is 15.0 Å². The van der Waals surface area contributed by atoms with Crippen molar-refractivity contribution in [1.82, 2.24) is 10.2 Å². The predicted octanol–water partition coefficient (Wildman–Crippen LogP) is 1.42. The molecule has 5 heteroatoms. The third kappa shape index (κ3) is 4.78. The molecule has 1 aliphatic carbocycles. The topological polar surface area (TPSA) is 58.6 Å². The molecule has 0 unspecified atom stereocenters. The summed E-state index contributed by atoms with van der Waals surface area (Å²) in [4.78, 5) is 26.1. The average Bonchev–Trinajstić information content (AvgIpc) is 2.48. The Labute approximate surface area is 122 Å². The summed E-state index contributed by atoms with van der Waals surface area (Å²) in [5, 5.41) is 2.88. The molecule has 116 valence electrons. The van der Waals surface area contributed by atoms with E-state index in [1.54, 1.807) is 7.11 Å². The predicted molar refractivity (Wildman–Crippen MR) is 78.3 cm³/mol. The summed E-state index contributed by atoms with van der Waals surface area (Å²) in [6.07, 6.45) is 3.29. The van der Waals surface area contributed by atoms with Gasteiger partial charge in [-0.1, -0.05) is 0 Å². The standard InChI is InChI=1S/C15H28N2O3/c1-4-17(5-2)15(19)13-8-6-12(7-9-13)14(18)16-10-11-20-3/h12-13H,4-11H2,1-3H3,(H,16,18). The number of carbonyl (C=O) groups is 2. The second kappa shape index (κ2) is 8.95. The number of carbonyl (C=O) groups excluding carboxylic acids is 2. The molecule has 1 rings (SSSR count). The van der Waals surface area contributed by atoms with Crippen molar-refractivity contribution in [3.8, 4) is 0 Å². The zero-order chi connectivity index (χ0) is 15.0. The van der Waals surface area contributed by atoms with Crippen molar-refractivity contribution in [2.75, 3.05) is 33.4 Å². The summed E-state index contributed by atoms with van der Waals surface area (Å²) in [7, 11) is 1.62. The summed E-state index contributed by atoms with van der Waals surface area (Å²) in [6, 6.07) is 0. The van der Waals surface area contributed by atoms with Crippen LogP contribution in [0.1, 0.15) is 39.5 Å². The van der Waals surface area contributed by atoms with E-state index in [1.165, 1.54) is 0 Å². The van der Waals surface area contributed by atoms with Crippen LogP contribution in [0.15, 0.2) is 0 Å². The van der Waals surface area contributed by atoms with Crippen LogP contribution in [0.2, 0.25) is 0 Å². The van der Waals surface area contributed by atoms with E-state index >= 15 is 0 Å². The van der Waals surface area contributed by atoms with E-state index in [-0.39, 0.29) is 23.7 Å². The monoisotopic (exact) mass is 284 g/mol. The number of rotatable bonds is 7. The minimum absolute atomic E-state index is 0.0626. The summed E-state index contributed by atoms with van der Waals surface area (Å²) >= 11 is 0. The maximum absolute atomic E-state index is 12.3. The highest BCUT2D eigenvalue weighted by Gasteiger charge is 2.31. The molecule has 0 aromatic heterocycles. The molecule has 5 nitrogen and oxygen atoms in total. The molecule has 1 saturated carbocycles. The van der Waals surface area contributed by atoms with Gasteiger partial charge in [0.25, 0.3) is 0 Å². The van der Waals surface area contributed by atoms with Crippen LogP contribution in [0.3, 0.4) is 0 Å². The van der Waals surface area contributed by atoms with E-state index in [0.717, 1.165) is 38.8 Å². The maximum Gasteiger partial charge on any atom is 0.225 e. The van der Waals surface area contributed by atoms with Gasteiger partial charge in [-0.15, -0.1) is 0 Å². The second-order valence-corrected chi connectivity index (χ2v) is 5.34. The molecule has 1 aliphatic rings. The van der Waals surface area contributed by atoms with Crippen molar-refractivity contribution in [2.24, 2.45) is 11.8 Å². The Morgan fingerprint density at radius 2 is 1.65 bits per heavy atom. The van der Waals surface area contributed by atoms with Crippen LogP contribution in [0.5, 0.6) is 0 Å². The number of nitrogens with one attached hydrogen (secondary N) is 1. The van der Waals surface area contributed by atoms with Crippen LogP contribution >= 0.6 is 0 Å². The lowest BCUT2D eigenvalue weighted by Crippen LogP contribution is -2.40. The van der Waals surface area contributed by atoms with Crippen molar-refractivity contribution in [3.63, 3.8) is 0 Å². The Kier molecular flexibility index (Phi) is 7.59. The van der Waals surface area contributed by atoms with Gasteiger partial charge in [0.15, 0.2) is 0 Å². The molecule has 20 heavy (non-hydrogen) atoms. The quantitative estimate of drug-likeness (QED) is 0.719. The highest BCUT2D eigenvalue weighted by atomic mass is 16.5. The van der Waals surface area contributed by atoms with Gasteiger partial charge in [-0.05, 0) is 39.5 Å².